The molecule has 1 aromatic heterocycles. The van der Waals surface area contributed by atoms with Crippen molar-refractivity contribution in [2.45, 2.75) is 44.2 Å². The topological polar surface area (TPSA) is 65.2 Å². The lowest BCUT2D eigenvalue weighted by molar-refractivity contribution is -0.137. The highest BCUT2D eigenvalue weighted by molar-refractivity contribution is 7.86. The summed E-state index contributed by atoms with van der Waals surface area (Å²) >= 11 is 11.3. The van der Waals surface area contributed by atoms with Crippen LogP contribution in [0, 0.1) is 20.8 Å². The van der Waals surface area contributed by atoms with Crippen molar-refractivity contribution in [1.82, 2.24) is 9.88 Å². The Bertz CT molecular complexity index is 1000. The number of rotatable bonds is 4. The SMILES string of the molecule is Cc1[nH]c(C)c(S(=O)Nc2cc(Cl)c(C(F)(F)F)c(Cl)c2)c1C.O=CN1CCC(F)(F)C1. The van der Waals surface area contributed by atoms with Gasteiger partial charge in [-0.1, -0.05) is 23.2 Å². The van der Waals surface area contributed by atoms with Gasteiger partial charge in [-0.05, 0) is 38.5 Å². The fraction of sp³-hybridized carbons (Fsp3) is 0.421. The maximum Gasteiger partial charge on any atom is 0.419 e. The molecule has 2 aromatic rings. The van der Waals surface area contributed by atoms with E-state index in [1.165, 1.54) is 0 Å². The van der Waals surface area contributed by atoms with E-state index in [1.54, 1.807) is 13.8 Å². The first-order valence-electron chi connectivity index (χ1n) is 9.14. The minimum absolute atomic E-state index is 0.143. The number of hydrogen-bond donors (Lipinski definition) is 2. The summed E-state index contributed by atoms with van der Waals surface area (Å²) in [5, 5.41) is -1.11. The van der Waals surface area contributed by atoms with Crippen LogP contribution in [0.3, 0.4) is 0 Å². The number of amides is 1. The summed E-state index contributed by atoms with van der Waals surface area (Å²) in [6.45, 7) is 5.20. The lowest BCUT2D eigenvalue weighted by Gasteiger charge is -2.14. The minimum atomic E-state index is -4.66. The summed E-state index contributed by atoms with van der Waals surface area (Å²) in [4.78, 5) is 14.6. The first-order chi connectivity index (χ1) is 14.7. The first kappa shape index (κ1) is 26.4. The zero-order valence-electron chi connectivity index (χ0n) is 17.2. The quantitative estimate of drug-likeness (QED) is 0.391. The third-order valence-corrected chi connectivity index (χ3v) is 6.69. The van der Waals surface area contributed by atoms with E-state index in [1.807, 2.05) is 6.92 Å². The van der Waals surface area contributed by atoms with Gasteiger partial charge in [0.15, 0.2) is 11.0 Å². The van der Waals surface area contributed by atoms with Gasteiger partial charge in [0.2, 0.25) is 6.41 Å². The van der Waals surface area contributed by atoms with E-state index in [0.29, 0.717) is 11.3 Å². The molecule has 2 N–H and O–H groups in total. The number of hydrogen-bond acceptors (Lipinski definition) is 2. The van der Waals surface area contributed by atoms with Crippen LogP contribution in [0.15, 0.2) is 17.0 Å². The number of carbonyl (C=O) groups excluding carboxylic acids is 1. The smallest absolute Gasteiger partial charge is 0.361 e. The van der Waals surface area contributed by atoms with Crippen LogP contribution in [0.5, 0.6) is 0 Å². The number of H-pyrrole nitrogens is 1. The number of alkyl halides is 5. The second-order valence-electron chi connectivity index (χ2n) is 7.19. The molecule has 1 aromatic carbocycles. The molecule has 1 amide bonds. The standard InChI is InChI=1S/C14H13Cl2F3N2OS.C5H7F2NO/c1-6-7(2)20-8(3)13(6)23(22)21-9-4-10(15)12(11(16)5-9)14(17,18)19;6-5(7)1-2-8(3-5)4-9/h4-5,20-21H,1-3H3;4H,1-3H2. The molecule has 13 heteroatoms. The van der Waals surface area contributed by atoms with E-state index in [4.69, 9.17) is 23.2 Å². The van der Waals surface area contributed by atoms with Crippen LogP contribution in [-0.4, -0.2) is 39.5 Å². The Balaban J connectivity index is 0.000000336. The van der Waals surface area contributed by atoms with Crippen LogP contribution in [0.1, 0.15) is 28.9 Å². The van der Waals surface area contributed by atoms with Crippen molar-refractivity contribution in [2.75, 3.05) is 17.8 Å². The number of anilines is 1. The lowest BCUT2D eigenvalue weighted by Crippen LogP contribution is -2.23. The Hall–Kier alpha value is -1.85. The molecule has 1 saturated heterocycles. The molecule has 1 aliphatic heterocycles. The summed E-state index contributed by atoms with van der Waals surface area (Å²) in [6, 6.07) is 2.11. The highest BCUT2D eigenvalue weighted by atomic mass is 35.5. The lowest BCUT2D eigenvalue weighted by atomic mass is 10.2. The molecule has 5 nitrogen and oxygen atoms in total. The molecular weight excluding hydrogens is 500 g/mol. The van der Waals surface area contributed by atoms with E-state index >= 15 is 0 Å². The number of benzene rings is 1. The zero-order chi connectivity index (χ0) is 24.4. The van der Waals surface area contributed by atoms with Gasteiger partial charge in [-0.2, -0.15) is 13.2 Å². The fourth-order valence-electron chi connectivity index (χ4n) is 3.07. The van der Waals surface area contributed by atoms with Gasteiger partial charge in [0.1, 0.15) is 0 Å². The maximum absolute atomic E-state index is 12.8. The van der Waals surface area contributed by atoms with E-state index in [0.717, 1.165) is 34.0 Å². The van der Waals surface area contributed by atoms with Gasteiger partial charge in [-0.3, -0.25) is 4.79 Å². The molecule has 1 unspecified atom stereocenters. The molecule has 32 heavy (non-hydrogen) atoms. The van der Waals surface area contributed by atoms with Crippen molar-refractivity contribution in [3.63, 3.8) is 0 Å². The van der Waals surface area contributed by atoms with Crippen molar-refractivity contribution < 1.29 is 31.0 Å². The summed E-state index contributed by atoms with van der Waals surface area (Å²) in [6.07, 6.45) is -4.39. The van der Waals surface area contributed by atoms with Crippen LogP contribution >= 0.6 is 23.2 Å². The zero-order valence-corrected chi connectivity index (χ0v) is 19.5. The molecule has 2 heterocycles. The van der Waals surface area contributed by atoms with Crippen LogP contribution in [0.25, 0.3) is 0 Å². The van der Waals surface area contributed by atoms with Crippen molar-refractivity contribution in [3.05, 3.63) is 44.7 Å². The number of aromatic amines is 1. The second kappa shape index (κ2) is 9.96. The van der Waals surface area contributed by atoms with Crippen LogP contribution < -0.4 is 4.72 Å². The number of aryl methyl sites for hydroxylation is 2. The molecule has 0 radical (unpaired) electrons. The molecular formula is C19H20Cl2F5N3O2S. The second-order valence-corrected chi connectivity index (χ2v) is 9.16. The van der Waals surface area contributed by atoms with E-state index in [-0.39, 0.29) is 18.7 Å². The summed E-state index contributed by atoms with van der Waals surface area (Å²) in [5.74, 6) is -2.64. The number of aromatic nitrogens is 1. The van der Waals surface area contributed by atoms with Gasteiger partial charge in [-0.15, -0.1) is 0 Å². The molecule has 1 aliphatic rings. The fourth-order valence-corrected chi connectivity index (χ4v) is 4.97. The van der Waals surface area contributed by atoms with Gasteiger partial charge < -0.3 is 14.6 Å². The molecule has 1 fully saturated rings. The summed E-state index contributed by atoms with van der Waals surface area (Å²) in [5.41, 5.74) is 1.44. The monoisotopic (exact) mass is 519 g/mol. The first-order valence-corrected chi connectivity index (χ1v) is 11.0. The third-order valence-electron chi connectivity index (χ3n) is 4.69. The number of nitrogens with zero attached hydrogens (tertiary/aromatic N) is 1. The molecule has 0 aliphatic carbocycles. The predicted molar refractivity (Wildman–Crippen MR) is 114 cm³/mol. The minimum Gasteiger partial charge on any atom is -0.361 e. The average Bonchev–Trinajstić information content (AvgIpc) is 3.11. The maximum atomic E-state index is 12.8. The number of likely N-dealkylation sites (tertiary alicyclic amines) is 1. The molecule has 1 atom stereocenters. The van der Waals surface area contributed by atoms with E-state index in [2.05, 4.69) is 9.71 Å². The van der Waals surface area contributed by atoms with Gasteiger partial charge in [0, 0.05) is 30.0 Å². The Kier molecular flexibility index (Phi) is 8.22. The van der Waals surface area contributed by atoms with Crippen LogP contribution in [0.4, 0.5) is 27.6 Å². The van der Waals surface area contributed by atoms with Gasteiger partial charge >= 0.3 is 6.18 Å². The van der Waals surface area contributed by atoms with Gasteiger partial charge in [0.05, 0.1) is 27.0 Å². The Morgan fingerprint density at radius 3 is 2.06 bits per heavy atom. The normalized spacial score (nSPS) is 16.4. The Morgan fingerprint density at radius 2 is 1.72 bits per heavy atom. The number of halogens is 7. The van der Waals surface area contributed by atoms with Crippen LogP contribution in [-0.2, 0) is 22.0 Å². The summed E-state index contributed by atoms with van der Waals surface area (Å²) in [7, 11) is -1.66. The van der Waals surface area contributed by atoms with E-state index < -0.39 is 45.2 Å². The average molecular weight is 520 g/mol. The number of carbonyl (C=O) groups is 1. The highest BCUT2D eigenvalue weighted by Gasteiger charge is 2.37. The van der Waals surface area contributed by atoms with Gasteiger partial charge in [-0.25, -0.2) is 13.0 Å². The molecule has 0 bridgehead atoms. The number of nitrogens with one attached hydrogen (secondary N) is 2. The van der Waals surface area contributed by atoms with Gasteiger partial charge in [0.25, 0.3) is 5.92 Å². The highest BCUT2D eigenvalue weighted by Crippen LogP contribution is 2.41. The largest absolute Gasteiger partial charge is 0.419 e. The van der Waals surface area contributed by atoms with E-state index in [9.17, 15) is 31.0 Å². The predicted octanol–water partition coefficient (Wildman–Crippen LogP) is 5.88. The van der Waals surface area contributed by atoms with Crippen LogP contribution in [0.2, 0.25) is 10.0 Å². The molecule has 0 saturated carbocycles. The molecule has 178 valence electrons. The van der Waals surface area contributed by atoms with Crippen molar-refractivity contribution in [2.24, 2.45) is 0 Å². The molecule has 0 spiro atoms. The van der Waals surface area contributed by atoms with Crippen molar-refractivity contribution in [3.8, 4) is 0 Å². The van der Waals surface area contributed by atoms with Crippen molar-refractivity contribution >= 4 is 46.3 Å². The third kappa shape index (κ3) is 6.35. The summed E-state index contributed by atoms with van der Waals surface area (Å²) < 4.78 is 77.9. The Morgan fingerprint density at radius 1 is 1.16 bits per heavy atom. The molecule has 3 rings (SSSR count). The van der Waals surface area contributed by atoms with Crippen molar-refractivity contribution in [1.29, 1.82) is 0 Å². The Labute approximate surface area is 193 Å².